The van der Waals surface area contributed by atoms with E-state index >= 15 is 0 Å². The Hall–Kier alpha value is -2.36. The second-order valence-electron chi connectivity index (χ2n) is 4.56. The van der Waals surface area contributed by atoms with Crippen molar-refractivity contribution < 1.29 is 4.74 Å². The summed E-state index contributed by atoms with van der Waals surface area (Å²) in [5, 5.41) is 3.31. The van der Waals surface area contributed by atoms with Crippen LogP contribution >= 0.6 is 0 Å². The van der Waals surface area contributed by atoms with E-state index < -0.39 is 0 Å². The summed E-state index contributed by atoms with van der Waals surface area (Å²) in [7, 11) is 5.67. The van der Waals surface area contributed by atoms with Crippen molar-refractivity contribution in [2.75, 3.05) is 37.2 Å². The van der Waals surface area contributed by atoms with Gasteiger partial charge in [0.15, 0.2) is 0 Å². The zero-order valence-corrected chi connectivity index (χ0v) is 11.5. The fourth-order valence-corrected chi connectivity index (χ4v) is 1.82. The second-order valence-corrected chi connectivity index (χ2v) is 4.56. The number of methoxy groups -OCH3 is 1. The first-order valence-corrected chi connectivity index (χ1v) is 6.07. The van der Waals surface area contributed by atoms with Crippen LogP contribution in [0.15, 0.2) is 42.5 Å². The number of ether oxygens (including phenoxy) is 1. The van der Waals surface area contributed by atoms with Crippen molar-refractivity contribution in [3.8, 4) is 5.75 Å². The molecule has 0 bridgehead atoms. The third-order valence-electron chi connectivity index (χ3n) is 2.84. The lowest BCUT2D eigenvalue weighted by Gasteiger charge is -2.14. The highest BCUT2D eigenvalue weighted by molar-refractivity contribution is 5.67. The van der Waals surface area contributed by atoms with Crippen molar-refractivity contribution in [3.63, 3.8) is 0 Å². The molecule has 2 aromatic rings. The largest absolute Gasteiger partial charge is 0.497 e. The van der Waals surface area contributed by atoms with Gasteiger partial charge in [-0.15, -0.1) is 0 Å². The van der Waals surface area contributed by atoms with Crippen molar-refractivity contribution >= 4 is 22.7 Å². The molecule has 0 radical (unpaired) electrons. The third kappa shape index (κ3) is 3.31. The Morgan fingerprint density at radius 1 is 1.00 bits per heavy atom. The van der Waals surface area contributed by atoms with Crippen molar-refractivity contribution in [3.05, 3.63) is 42.5 Å². The van der Waals surface area contributed by atoms with Gasteiger partial charge >= 0.3 is 0 Å². The third-order valence-corrected chi connectivity index (χ3v) is 2.84. The molecule has 3 N–H and O–H groups in total. The van der Waals surface area contributed by atoms with E-state index in [0.717, 1.165) is 22.8 Å². The number of hydrogen-bond donors (Lipinski definition) is 2. The van der Waals surface area contributed by atoms with Gasteiger partial charge in [-0.25, -0.2) is 0 Å². The monoisotopic (exact) mass is 257 g/mol. The lowest BCUT2D eigenvalue weighted by molar-refractivity contribution is 0.415. The number of rotatable bonds is 4. The molecule has 0 aliphatic rings. The Kier molecular flexibility index (Phi) is 3.80. The van der Waals surface area contributed by atoms with Crippen LogP contribution in [0.4, 0.5) is 22.7 Å². The van der Waals surface area contributed by atoms with Gasteiger partial charge in [-0.3, -0.25) is 0 Å². The van der Waals surface area contributed by atoms with Gasteiger partial charge in [0.1, 0.15) is 5.75 Å². The molecule has 0 aliphatic carbocycles. The molecule has 2 rings (SSSR count). The van der Waals surface area contributed by atoms with Gasteiger partial charge < -0.3 is 20.7 Å². The summed E-state index contributed by atoms with van der Waals surface area (Å²) in [6.07, 6.45) is 0. The summed E-state index contributed by atoms with van der Waals surface area (Å²) in [5.74, 6) is 0.743. The number of nitrogen functional groups attached to an aromatic ring is 1. The number of anilines is 4. The molecule has 0 aromatic heterocycles. The molecule has 0 spiro atoms. The summed E-state index contributed by atoms with van der Waals surface area (Å²) in [6, 6.07) is 13.8. The van der Waals surface area contributed by atoms with Crippen LogP contribution in [-0.2, 0) is 0 Å². The van der Waals surface area contributed by atoms with Crippen LogP contribution in [0.5, 0.6) is 5.75 Å². The van der Waals surface area contributed by atoms with Gasteiger partial charge in [0.25, 0.3) is 0 Å². The molecule has 0 unspecified atom stereocenters. The predicted octanol–water partition coefficient (Wildman–Crippen LogP) is 3.09. The van der Waals surface area contributed by atoms with Crippen molar-refractivity contribution in [2.24, 2.45) is 0 Å². The van der Waals surface area contributed by atoms with Crippen LogP contribution in [0.2, 0.25) is 0 Å². The maximum atomic E-state index is 5.83. The SMILES string of the molecule is COc1cc(N)cc(Nc2ccc(N(C)C)cc2)c1. The summed E-state index contributed by atoms with van der Waals surface area (Å²) >= 11 is 0. The van der Waals surface area contributed by atoms with E-state index in [4.69, 9.17) is 10.5 Å². The number of nitrogens with zero attached hydrogens (tertiary/aromatic N) is 1. The average Bonchev–Trinajstić information content (AvgIpc) is 2.38. The Bertz CT molecular complexity index is 550. The molecule has 4 heteroatoms. The predicted molar refractivity (Wildman–Crippen MR) is 81.5 cm³/mol. The molecule has 0 fully saturated rings. The van der Waals surface area contributed by atoms with E-state index in [1.165, 1.54) is 0 Å². The Morgan fingerprint density at radius 2 is 1.68 bits per heavy atom. The van der Waals surface area contributed by atoms with E-state index in [-0.39, 0.29) is 0 Å². The molecule has 0 aliphatic heterocycles. The first-order valence-electron chi connectivity index (χ1n) is 6.07. The highest BCUT2D eigenvalue weighted by Gasteiger charge is 2.01. The van der Waals surface area contributed by atoms with Crippen LogP contribution in [0.1, 0.15) is 0 Å². The minimum atomic E-state index is 0.673. The molecular weight excluding hydrogens is 238 g/mol. The van der Waals surface area contributed by atoms with Crippen LogP contribution in [0.25, 0.3) is 0 Å². The van der Waals surface area contributed by atoms with Gasteiger partial charge in [-0.05, 0) is 30.3 Å². The molecule has 0 saturated heterocycles. The lowest BCUT2D eigenvalue weighted by Crippen LogP contribution is -2.08. The van der Waals surface area contributed by atoms with Crippen LogP contribution in [0, 0.1) is 0 Å². The van der Waals surface area contributed by atoms with Gasteiger partial charge in [0.2, 0.25) is 0 Å². The Balaban J connectivity index is 2.18. The van der Waals surface area contributed by atoms with E-state index in [0.29, 0.717) is 5.69 Å². The molecular formula is C15H19N3O. The topological polar surface area (TPSA) is 50.5 Å². The minimum absolute atomic E-state index is 0.673. The van der Waals surface area contributed by atoms with Gasteiger partial charge in [0.05, 0.1) is 7.11 Å². The maximum absolute atomic E-state index is 5.83. The van der Waals surface area contributed by atoms with Gasteiger partial charge in [0, 0.05) is 49.0 Å². The van der Waals surface area contributed by atoms with Crippen LogP contribution in [0.3, 0.4) is 0 Å². The number of nitrogens with two attached hydrogens (primary N) is 1. The fraction of sp³-hybridized carbons (Fsp3) is 0.200. The van der Waals surface area contributed by atoms with E-state index in [9.17, 15) is 0 Å². The number of benzene rings is 2. The highest BCUT2D eigenvalue weighted by atomic mass is 16.5. The average molecular weight is 257 g/mol. The first-order chi connectivity index (χ1) is 9.08. The summed E-state index contributed by atoms with van der Waals surface area (Å²) in [5.41, 5.74) is 9.59. The van der Waals surface area contributed by atoms with Crippen molar-refractivity contribution in [1.29, 1.82) is 0 Å². The summed E-state index contributed by atoms with van der Waals surface area (Å²) in [6.45, 7) is 0. The van der Waals surface area contributed by atoms with Crippen LogP contribution in [-0.4, -0.2) is 21.2 Å². The van der Waals surface area contributed by atoms with Crippen molar-refractivity contribution in [1.82, 2.24) is 0 Å². The van der Waals surface area contributed by atoms with Crippen LogP contribution < -0.4 is 20.7 Å². The first kappa shape index (κ1) is 13.1. The highest BCUT2D eigenvalue weighted by Crippen LogP contribution is 2.26. The maximum Gasteiger partial charge on any atom is 0.122 e. The quantitative estimate of drug-likeness (QED) is 0.826. The second kappa shape index (κ2) is 5.52. The molecule has 0 saturated carbocycles. The molecule has 100 valence electrons. The molecule has 0 atom stereocenters. The summed E-state index contributed by atoms with van der Waals surface area (Å²) < 4.78 is 5.20. The molecule has 2 aromatic carbocycles. The summed E-state index contributed by atoms with van der Waals surface area (Å²) in [4.78, 5) is 2.06. The fourth-order valence-electron chi connectivity index (χ4n) is 1.82. The molecule has 19 heavy (non-hydrogen) atoms. The van der Waals surface area contributed by atoms with E-state index in [1.54, 1.807) is 13.2 Å². The van der Waals surface area contributed by atoms with E-state index in [1.807, 2.05) is 38.4 Å². The zero-order chi connectivity index (χ0) is 13.8. The van der Waals surface area contributed by atoms with Crippen molar-refractivity contribution in [2.45, 2.75) is 0 Å². The smallest absolute Gasteiger partial charge is 0.122 e. The Labute approximate surface area is 113 Å². The molecule has 0 amide bonds. The van der Waals surface area contributed by atoms with Gasteiger partial charge in [-0.2, -0.15) is 0 Å². The van der Waals surface area contributed by atoms with E-state index in [2.05, 4.69) is 22.3 Å². The standard InChI is InChI=1S/C15H19N3O/c1-18(2)14-6-4-12(5-7-14)17-13-8-11(16)9-15(10-13)19-3/h4-10,17H,16H2,1-3H3. The van der Waals surface area contributed by atoms with Gasteiger partial charge in [-0.1, -0.05) is 0 Å². The Morgan fingerprint density at radius 3 is 2.26 bits per heavy atom. The normalized spacial score (nSPS) is 10.1. The molecule has 0 heterocycles. The number of hydrogen-bond acceptors (Lipinski definition) is 4. The molecule has 4 nitrogen and oxygen atoms in total. The lowest BCUT2D eigenvalue weighted by atomic mass is 10.2. The number of nitrogens with one attached hydrogen (secondary N) is 1. The minimum Gasteiger partial charge on any atom is -0.497 e. The zero-order valence-electron chi connectivity index (χ0n) is 11.5.